The van der Waals surface area contributed by atoms with Crippen LogP contribution in [0.3, 0.4) is 0 Å². The van der Waals surface area contributed by atoms with E-state index in [-0.39, 0.29) is 6.61 Å². The molecule has 0 spiro atoms. The number of ether oxygens (including phenoxy) is 1. The highest BCUT2D eigenvalue weighted by molar-refractivity contribution is 5.73. The fourth-order valence-corrected chi connectivity index (χ4v) is 1.53. The second-order valence-corrected chi connectivity index (χ2v) is 6.15. The second-order valence-electron chi connectivity index (χ2n) is 6.15. The van der Waals surface area contributed by atoms with Crippen LogP contribution in [0.2, 0.25) is 0 Å². The second kappa shape index (κ2) is 7.29. The lowest BCUT2D eigenvalue weighted by Gasteiger charge is -2.19. The zero-order valence-corrected chi connectivity index (χ0v) is 12.8. The molecule has 2 N–H and O–H groups in total. The number of benzene rings is 1. The molecule has 1 aromatic carbocycles. The van der Waals surface area contributed by atoms with Crippen LogP contribution >= 0.6 is 0 Å². The van der Waals surface area contributed by atoms with Crippen molar-refractivity contribution < 1.29 is 14.6 Å². The molecule has 0 atom stereocenters. The SMILES string of the molecule is CC(C)CNCc1ccc(OCC(C)(C)C(=O)O)cc1. The Morgan fingerprint density at radius 1 is 1.30 bits per heavy atom. The first-order valence-electron chi connectivity index (χ1n) is 6.97. The van der Waals surface area contributed by atoms with Gasteiger partial charge in [-0.3, -0.25) is 4.79 Å². The summed E-state index contributed by atoms with van der Waals surface area (Å²) < 4.78 is 5.53. The van der Waals surface area contributed by atoms with E-state index < -0.39 is 11.4 Å². The number of carboxylic acid groups (broad SMARTS) is 1. The third kappa shape index (κ3) is 5.61. The van der Waals surface area contributed by atoms with Crippen molar-refractivity contribution in [2.24, 2.45) is 11.3 Å². The Morgan fingerprint density at radius 3 is 2.40 bits per heavy atom. The van der Waals surface area contributed by atoms with Gasteiger partial charge in [0.05, 0.1) is 5.41 Å². The van der Waals surface area contributed by atoms with E-state index in [1.807, 2.05) is 24.3 Å². The summed E-state index contributed by atoms with van der Waals surface area (Å²) in [5.74, 6) is 0.481. The molecular formula is C16H25NO3. The first kappa shape index (κ1) is 16.5. The summed E-state index contributed by atoms with van der Waals surface area (Å²) in [6, 6.07) is 7.75. The molecule has 0 saturated heterocycles. The summed E-state index contributed by atoms with van der Waals surface area (Å²) in [6.07, 6.45) is 0. The van der Waals surface area contributed by atoms with Gasteiger partial charge < -0.3 is 15.2 Å². The Balaban J connectivity index is 2.44. The van der Waals surface area contributed by atoms with Gasteiger partial charge >= 0.3 is 5.97 Å². The molecule has 1 aromatic rings. The van der Waals surface area contributed by atoms with E-state index in [9.17, 15) is 4.79 Å². The van der Waals surface area contributed by atoms with E-state index in [0.29, 0.717) is 11.7 Å². The average molecular weight is 279 g/mol. The Bertz CT molecular complexity index is 424. The van der Waals surface area contributed by atoms with Crippen LogP contribution in [0.4, 0.5) is 0 Å². The molecule has 0 unspecified atom stereocenters. The van der Waals surface area contributed by atoms with Gasteiger partial charge in [0.2, 0.25) is 0 Å². The maximum absolute atomic E-state index is 11.0. The molecule has 0 bridgehead atoms. The molecule has 0 fully saturated rings. The van der Waals surface area contributed by atoms with Crippen LogP contribution in [0.25, 0.3) is 0 Å². The number of aliphatic carboxylic acids is 1. The van der Waals surface area contributed by atoms with Crippen molar-refractivity contribution in [3.05, 3.63) is 29.8 Å². The van der Waals surface area contributed by atoms with Gasteiger partial charge in [-0.1, -0.05) is 26.0 Å². The number of carbonyl (C=O) groups is 1. The van der Waals surface area contributed by atoms with Crippen LogP contribution in [-0.2, 0) is 11.3 Å². The molecular weight excluding hydrogens is 254 g/mol. The smallest absolute Gasteiger partial charge is 0.312 e. The van der Waals surface area contributed by atoms with Crippen molar-refractivity contribution in [1.29, 1.82) is 0 Å². The molecule has 0 aliphatic heterocycles. The zero-order chi connectivity index (χ0) is 15.2. The van der Waals surface area contributed by atoms with Crippen LogP contribution in [-0.4, -0.2) is 24.2 Å². The Labute approximate surface area is 121 Å². The van der Waals surface area contributed by atoms with Crippen molar-refractivity contribution in [1.82, 2.24) is 5.32 Å². The number of hydrogen-bond donors (Lipinski definition) is 2. The molecule has 0 heterocycles. The van der Waals surface area contributed by atoms with Crippen LogP contribution in [0.5, 0.6) is 5.75 Å². The molecule has 0 aliphatic rings. The zero-order valence-electron chi connectivity index (χ0n) is 12.8. The fraction of sp³-hybridized carbons (Fsp3) is 0.562. The Hall–Kier alpha value is -1.55. The van der Waals surface area contributed by atoms with E-state index in [2.05, 4.69) is 19.2 Å². The van der Waals surface area contributed by atoms with Crippen molar-refractivity contribution in [2.45, 2.75) is 34.2 Å². The number of nitrogens with one attached hydrogen (secondary N) is 1. The number of hydrogen-bond acceptors (Lipinski definition) is 3. The van der Waals surface area contributed by atoms with Crippen LogP contribution < -0.4 is 10.1 Å². The van der Waals surface area contributed by atoms with Crippen molar-refractivity contribution >= 4 is 5.97 Å². The van der Waals surface area contributed by atoms with Gasteiger partial charge in [0, 0.05) is 6.54 Å². The van der Waals surface area contributed by atoms with E-state index in [4.69, 9.17) is 9.84 Å². The quantitative estimate of drug-likeness (QED) is 0.768. The van der Waals surface area contributed by atoms with Gasteiger partial charge in [0.25, 0.3) is 0 Å². The molecule has 1 rings (SSSR count). The molecule has 0 radical (unpaired) electrons. The molecule has 4 heteroatoms. The maximum Gasteiger partial charge on any atom is 0.312 e. The van der Waals surface area contributed by atoms with E-state index in [0.717, 1.165) is 13.1 Å². The van der Waals surface area contributed by atoms with Gasteiger partial charge in [-0.15, -0.1) is 0 Å². The van der Waals surface area contributed by atoms with Gasteiger partial charge in [0.15, 0.2) is 0 Å². The number of rotatable bonds is 8. The molecule has 0 aromatic heterocycles. The third-order valence-corrected chi connectivity index (χ3v) is 2.98. The van der Waals surface area contributed by atoms with Crippen molar-refractivity contribution in [3.8, 4) is 5.75 Å². The maximum atomic E-state index is 11.0. The average Bonchev–Trinajstić information content (AvgIpc) is 2.37. The summed E-state index contributed by atoms with van der Waals surface area (Å²) in [6.45, 7) is 9.64. The van der Waals surface area contributed by atoms with Crippen LogP contribution in [0, 0.1) is 11.3 Å². The van der Waals surface area contributed by atoms with Gasteiger partial charge in [0.1, 0.15) is 12.4 Å². The molecule has 0 aliphatic carbocycles. The predicted octanol–water partition coefficient (Wildman–Crippen LogP) is 2.92. The van der Waals surface area contributed by atoms with Gasteiger partial charge in [-0.25, -0.2) is 0 Å². The molecule has 4 nitrogen and oxygen atoms in total. The molecule has 20 heavy (non-hydrogen) atoms. The highest BCUT2D eigenvalue weighted by Gasteiger charge is 2.28. The lowest BCUT2D eigenvalue weighted by molar-refractivity contribution is -0.148. The normalized spacial score (nSPS) is 11.7. The summed E-state index contributed by atoms with van der Waals surface area (Å²) in [5.41, 5.74) is 0.313. The first-order chi connectivity index (χ1) is 9.31. The highest BCUT2D eigenvalue weighted by Crippen LogP contribution is 2.19. The fourth-order valence-electron chi connectivity index (χ4n) is 1.53. The van der Waals surface area contributed by atoms with Crippen LogP contribution in [0.1, 0.15) is 33.3 Å². The largest absolute Gasteiger partial charge is 0.492 e. The Morgan fingerprint density at radius 2 is 1.90 bits per heavy atom. The topological polar surface area (TPSA) is 58.6 Å². The van der Waals surface area contributed by atoms with Crippen molar-refractivity contribution in [2.75, 3.05) is 13.2 Å². The monoisotopic (exact) mass is 279 g/mol. The lowest BCUT2D eigenvalue weighted by Crippen LogP contribution is -2.30. The Kier molecular flexibility index (Phi) is 6.02. The summed E-state index contributed by atoms with van der Waals surface area (Å²) in [7, 11) is 0. The summed E-state index contributed by atoms with van der Waals surface area (Å²) in [4.78, 5) is 11.0. The predicted molar refractivity (Wildman–Crippen MR) is 79.9 cm³/mol. The van der Waals surface area contributed by atoms with E-state index in [1.54, 1.807) is 13.8 Å². The van der Waals surface area contributed by atoms with E-state index in [1.165, 1.54) is 5.56 Å². The highest BCUT2D eigenvalue weighted by atomic mass is 16.5. The van der Waals surface area contributed by atoms with Crippen LogP contribution in [0.15, 0.2) is 24.3 Å². The first-order valence-corrected chi connectivity index (χ1v) is 6.97. The van der Waals surface area contributed by atoms with Gasteiger partial charge in [-0.2, -0.15) is 0 Å². The van der Waals surface area contributed by atoms with Crippen molar-refractivity contribution in [3.63, 3.8) is 0 Å². The minimum absolute atomic E-state index is 0.160. The standard InChI is InChI=1S/C16H25NO3/c1-12(2)9-17-10-13-5-7-14(8-6-13)20-11-16(3,4)15(18)19/h5-8,12,17H,9-11H2,1-4H3,(H,18,19). The number of carboxylic acids is 1. The third-order valence-electron chi connectivity index (χ3n) is 2.98. The molecule has 0 amide bonds. The summed E-state index contributed by atoms with van der Waals surface area (Å²) >= 11 is 0. The van der Waals surface area contributed by atoms with Gasteiger partial charge in [-0.05, 0) is 44.0 Å². The van der Waals surface area contributed by atoms with E-state index >= 15 is 0 Å². The minimum atomic E-state index is -0.877. The molecule has 0 saturated carbocycles. The lowest BCUT2D eigenvalue weighted by atomic mass is 9.95. The minimum Gasteiger partial charge on any atom is -0.492 e. The summed E-state index contributed by atoms with van der Waals surface area (Å²) in [5, 5.41) is 12.4. The molecule has 112 valence electrons.